The van der Waals surface area contributed by atoms with Crippen molar-refractivity contribution in [1.82, 2.24) is 19.1 Å². The third-order valence-electron chi connectivity index (χ3n) is 5.25. The van der Waals surface area contributed by atoms with Crippen molar-refractivity contribution in [2.45, 2.75) is 33.4 Å². The van der Waals surface area contributed by atoms with Gasteiger partial charge in [0.1, 0.15) is 12.4 Å². The van der Waals surface area contributed by atoms with Crippen molar-refractivity contribution >= 4 is 28.3 Å². The summed E-state index contributed by atoms with van der Waals surface area (Å²) in [5.41, 5.74) is 3.38. The predicted octanol–water partition coefficient (Wildman–Crippen LogP) is -0.152. The molecule has 1 aromatic carbocycles. The lowest BCUT2D eigenvalue weighted by molar-refractivity contribution is -0.119. The van der Waals surface area contributed by atoms with Crippen LogP contribution in [0.4, 0.5) is 11.5 Å². The first-order chi connectivity index (χ1) is 16.1. The van der Waals surface area contributed by atoms with E-state index in [4.69, 9.17) is 10.5 Å². The van der Waals surface area contributed by atoms with Crippen LogP contribution < -0.4 is 33.1 Å². The van der Waals surface area contributed by atoms with Crippen molar-refractivity contribution in [2.24, 2.45) is 5.92 Å². The molecule has 2 aromatic heterocycles. The molecule has 182 valence electrons. The van der Waals surface area contributed by atoms with Gasteiger partial charge in [-0.15, -0.1) is 0 Å². The average molecular weight is 473 g/mol. The Labute approximate surface area is 193 Å². The zero-order valence-electron chi connectivity index (χ0n) is 19.3. The van der Waals surface area contributed by atoms with Crippen molar-refractivity contribution < 1.29 is 9.53 Å². The van der Waals surface area contributed by atoms with Gasteiger partial charge in [0.15, 0.2) is 5.69 Å². The Morgan fingerprint density at radius 1 is 1.09 bits per heavy atom. The topological polar surface area (TPSA) is 165 Å². The van der Waals surface area contributed by atoms with E-state index in [1.54, 1.807) is 18.2 Å². The molecular weight excluding hydrogens is 444 g/mol. The number of methoxy groups -OCH3 is 1. The number of nitrogens with zero attached hydrogens (tertiary/aromatic N) is 3. The number of rotatable bonds is 9. The van der Waals surface area contributed by atoms with Crippen molar-refractivity contribution in [3.63, 3.8) is 0 Å². The Balaban J connectivity index is 2.09. The molecule has 3 rings (SSSR count). The fourth-order valence-electron chi connectivity index (χ4n) is 3.68. The molecule has 0 aliphatic carbocycles. The number of hydrogen-bond acceptors (Lipinski definition) is 7. The number of carbonyl (C=O) groups excluding carboxylic acids is 1. The number of nitrogens with two attached hydrogens (primary N) is 1. The number of nitrogens with one attached hydrogen (secondary N) is 2. The second-order valence-electron chi connectivity index (χ2n) is 8.26. The summed E-state index contributed by atoms with van der Waals surface area (Å²) in [5, 5.41) is 0.240. The fourth-order valence-corrected chi connectivity index (χ4v) is 3.68. The molecule has 0 aliphatic rings. The van der Waals surface area contributed by atoms with E-state index >= 15 is 0 Å². The summed E-state index contributed by atoms with van der Waals surface area (Å²) >= 11 is 0. The van der Waals surface area contributed by atoms with Crippen molar-refractivity contribution in [1.29, 1.82) is 0 Å². The highest BCUT2D eigenvalue weighted by Crippen LogP contribution is 2.18. The van der Waals surface area contributed by atoms with Gasteiger partial charge < -0.3 is 20.4 Å². The van der Waals surface area contributed by atoms with E-state index in [0.29, 0.717) is 11.9 Å². The quantitative estimate of drug-likeness (QED) is 0.364. The Morgan fingerprint density at radius 2 is 1.76 bits per heavy atom. The van der Waals surface area contributed by atoms with Crippen LogP contribution in [0.3, 0.4) is 0 Å². The van der Waals surface area contributed by atoms with Crippen LogP contribution in [-0.2, 0) is 22.6 Å². The van der Waals surface area contributed by atoms with Gasteiger partial charge >= 0.3 is 11.4 Å². The predicted molar refractivity (Wildman–Crippen MR) is 128 cm³/mol. The van der Waals surface area contributed by atoms with Gasteiger partial charge in [-0.25, -0.2) is 9.59 Å². The molecule has 0 saturated carbocycles. The van der Waals surface area contributed by atoms with Crippen LogP contribution >= 0.6 is 0 Å². The molecule has 0 atom stereocenters. The lowest BCUT2D eigenvalue weighted by atomic mass is 10.2. The van der Waals surface area contributed by atoms with Crippen LogP contribution in [0.1, 0.15) is 20.3 Å². The number of fused-ring (bicyclic) bond motifs is 1. The van der Waals surface area contributed by atoms with E-state index in [-0.39, 0.29) is 42.5 Å². The molecule has 2 heterocycles. The first kappa shape index (κ1) is 24.7. The van der Waals surface area contributed by atoms with E-state index in [2.05, 4.69) is 9.97 Å². The van der Waals surface area contributed by atoms with Gasteiger partial charge in [-0.3, -0.25) is 28.5 Å². The summed E-state index contributed by atoms with van der Waals surface area (Å²) in [7, 11) is 1.49. The van der Waals surface area contributed by atoms with E-state index in [9.17, 15) is 24.0 Å². The number of anilines is 2. The molecule has 0 fully saturated rings. The molecule has 12 nitrogen and oxygen atoms in total. The third kappa shape index (κ3) is 5.01. The van der Waals surface area contributed by atoms with Gasteiger partial charge in [0.25, 0.3) is 11.1 Å². The van der Waals surface area contributed by atoms with Gasteiger partial charge in [-0.1, -0.05) is 26.0 Å². The number of benzene rings is 1. The minimum atomic E-state index is -0.840. The summed E-state index contributed by atoms with van der Waals surface area (Å²) in [5.74, 6) is -0.856. The number of hydrogen-bond donors (Lipinski definition) is 3. The van der Waals surface area contributed by atoms with Crippen molar-refractivity contribution in [3.05, 3.63) is 65.9 Å². The molecule has 4 N–H and O–H groups in total. The summed E-state index contributed by atoms with van der Waals surface area (Å²) in [4.78, 5) is 69.7. The highest BCUT2D eigenvalue weighted by molar-refractivity contribution is 5.95. The number of H-pyrrole nitrogens is 2. The number of aromatic nitrogens is 4. The van der Waals surface area contributed by atoms with Gasteiger partial charge in [0.2, 0.25) is 5.91 Å². The Kier molecular flexibility index (Phi) is 7.51. The van der Waals surface area contributed by atoms with Gasteiger partial charge in [0, 0.05) is 26.8 Å². The summed E-state index contributed by atoms with van der Waals surface area (Å²) in [6.07, 6.45) is 0.341. The molecule has 12 heteroatoms. The second-order valence-corrected chi connectivity index (χ2v) is 8.26. The normalized spacial score (nSPS) is 11.3. The number of para-hydroxylation sites is 1. The molecule has 0 spiro atoms. The highest BCUT2D eigenvalue weighted by atomic mass is 16.5. The first-order valence-electron chi connectivity index (χ1n) is 10.8. The molecule has 0 bridgehead atoms. The van der Waals surface area contributed by atoms with Crippen LogP contribution in [0, 0.1) is 5.92 Å². The average Bonchev–Trinajstić information content (AvgIpc) is 2.78. The number of nitrogen functional groups attached to an aromatic ring is 1. The van der Waals surface area contributed by atoms with E-state index in [0.717, 1.165) is 9.47 Å². The molecular formula is C22H28N6O6. The highest BCUT2D eigenvalue weighted by Gasteiger charge is 2.25. The van der Waals surface area contributed by atoms with Crippen LogP contribution in [0.5, 0.6) is 0 Å². The maximum Gasteiger partial charge on any atom is 0.330 e. The summed E-state index contributed by atoms with van der Waals surface area (Å²) in [6.45, 7) is 3.63. The molecule has 0 unspecified atom stereocenters. The molecule has 1 amide bonds. The van der Waals surface area contributed by atoms with Gasteiger partial charge in [-0.05, 0) is 24.5 Å². The standard InChI is InChI=1S/C22H28N6O6/c1-13(2)11-27-18(23)17(19(30)25-22(27)33)26(9-6-10-34-3)16(29)12-28-20(31)14-7-4-5-8-15(14)24-21(28)32/h4-5,7-8,13H,6,9-12,23H2,1-3H3,(H,24,32)(H,25,30,33). The third-order valence-corrected chi connectivity index (χ3v) is 5.25. The fraction of sp³-hybridized carbons (Fsp3) is 0.409. The van der Waals surface area contributed by atoms with Crippen LogP contribution in [0.25, 0.3) is 10.9 Å². The SMILES string of the molecule is COCCCN(C(=O)Cn1c(=O)[nH]c2ccccc2c1=O)c1c(N)n(CC(C)C)c(=O)[nH]c1=O. The first-order valence-corrected chi connectivity index (χ1v) is 10.8. The minimum absolute atomic E-state index is 0.0140. The Hall–Kier alpha value is -3.93. The number of carbonyl (C=O) groups is 1. The van der Waals surface area contributed by atoms with Crippen LogP contribution in [0.2, 0.25) is 0 Å². The largest absolute Gasteiger partial charge is 0.385 e. The smallest absolute Gasteiger partial charge is 0.330 e. The maximum atomic E-state index is 13.3. The Morgan fingerprint density at radius 3 is 2.44 bits per heavy atom. The van der Waals surface area contributed by atoms with E-state index in [1.807, 2.05) is 13.8 Å². The minimum Gasteiger partial charge on any atom is -0.385 e. The molecule has 34 heavy (non-hydrogen) atoms. The molecule has 0 aliphatic heterocycles. The van der Waals surface area contributed by atoms with Gasteiger partial charge in [-0.2, -0.15) is 0 Å². The number of ether oxygens (including phenoxy) is 1. The summed E-state index contributed by atoms with van der Waals surface area (Å²) in [6, 6.07) is 6.43. The zero-order chi connectivity index (χ0) is 25.0. The van der Waals surface area contributed by atoms with Crippen molar-refractivity contribution in [2.75, 3.05) is 30.9 Å². The van der Waals surface area contributed by atoms with Crippen LogP contribution in [-0.4, -0.2) is 45.3 Å². The van der Waals surface area contributed by atoms with E-state index in [1.165, 1.54) is 17.7 Å². The molecule has 3 aromatic rings. The molecule has 0 saturated heterocycles. The molecule has 0 radical (unpaired) electrons. The zero-order valence-corrected chi connectivity index (χ0v) is 19.3. The monoisotopic (exact) mass is 472 g/mol. The summed E-state index contributed by atoms with van der Waals surface area (Å²) < 4.78 is 7.00. The van der Waals surface area contributed by atoms with Crippen LogP contribution in [0.15, 0.2) is 43.4 Å². The lowest BCUT2D eigenvalue weighted by Gasteiger charge is -2.25. The lowest BCUT2D eigenvalue weighted by Crippen LogP contribution is -2.46. The van der Waals surface area contributed by atoms with E-state index < -0.39 is 34.9 Å². The Bertz CT molecular complexity index is 1430. The number of amides is 1. The second kappa shape index (κ2) is 10.3. The maximum absolute atomic E-state index is 13.3. The number of aromatic amines is 2. The van der Waals surface area contributed by atoms with Crippen molar-refractivity contribution in [3.8, 4) is 0 Å². The van der Waals surface area contributed by atoms with Gasteiger partial charge in [0.05, 0.1) is 10.9 Å².